The number of nitrogens with zero attached hydrogens (tertiary/aromatic N) is 1. The second-order valence-electron chi connectivity index (χ2n) is 3.53. The van der Waals surface area contributed by atoms with E-state index in [0.717, 1.165) is 10.9 Å². The Balaban J connectivity index is 2.77. The fourth-order valence-electron chi connectivity index (χ4n) is 1.64. The third-order valence-corrected chi connectivity index (χ3v) is 2.51. The smallest absolute Gasteiger partial charge is 0.340 e. The van der Waals surface area contributed by atoms with Gasteiger partial charge in [-0.1, -0.05) is 11.6 Å². The van der Waals surface area contributed by atoms with Crippen molar-refractivity contribution in [2.24, 2.45) is 0 Å². The van der Waals surface area contributed by atoms with E-state index >= 15 is 0 Å². The molecule has 0 N–H and O–H groups in total. The summed E-state index contributed by atoms with van der Waals surface area (Å²) >= 11 is 5.86. The van der Waals surface area contributed by atoms with Gasteiger partial charge in [-0.25, -0.2) is 4.79 Å². The van der Waals surface area contributed by atoms with Gasteiger partial charge in [0.2, 0.25) is 0 Å². The van der Waals surface area contributed by atoms with E-state index in [0.29, 0.717) is 16.1 Å². The minimum Gasteiger partial charge on any atom is -0.465 e. The molecule has 16 heavy (non-hydrogen) atoms. The van der Waals surface area contributed by atoms with Crippen molar-refractivity contribution in [2.45, 2.75) is 6.92 Å². The van der Waals surface area contributed by atoms with Gasteiger partial charge >= 0.3 is 5.97 Å². The van der Waals surface area contributed by atoms with Crippen LogP contribution in [0.2, 0.25) is 5.02 Å². The fraction of sp³-hybridized carbons (Fsp3) is 0.167. The molecule has 0 aliphatic carbocycles. The van der Waals surface area contributed by atoms with Crippen LogP contribution in [0.15, 0.2) is 24.4 Å². The van der Waals surface area contributed by atoms with Crippen LogP contribution in [-0.4, -0.2) is 18.1 Å². The quantitative estimate of drug-likeness (QED) is 0.714. The Hall–Kier alpha value is -1.61. The highest BCUT2D eigenvalue weighted by molar-refractivity contribution is 6.31. The number of fused-ring (bicyclic) bond motifs is 1. The summed E-state index contributed by atoms with van der Waals surface area (Å²) in [6.07, 6.45) is 1.52. The second kappa shape index (κ2) is 4.10. The van der Waals surface area contributed by atoms with Crippen molar-refractivity contribution >= 4 is 28.5 Å². The van der Waals surface area contributed by atoms with Gasteiger partial charge in [0, 0.05) is 11.6 Å². The summed E-state index contributed by atoms with van der Waals surface area (Å²) < 4.78 is 4.72. The highest BCUT2D eigenvalue weighted by atomic mass is 35.5. The largest absolute Gasteiger partial charge is 0.465 e. The molecule has 0 amide bonds. The van der Waals surface area contributed by atoms with Gasteiger partial charge in [-0.3, -0.25) is 4.98 Å². The van der Waals surface area contributed by atoms with E-state index < -0.39 is 0 Å². The van der Waals surface area contributed by atoms with E-state index in [1.165, 1.54) is 13.3 Å². The maximum Gasteiger partial charge on any atom is 0.340 e. The number of aryl methyl sites for hydroxylation is 1. The van der Waals surface area contributed by atoms with Crippen LogP contribution >= 0.6 is 11.6 Å². The van der Waals surface area contributed by atoms with Gasteiger partial charge in [0.15, 0.2) is 0 Å². The van der Waals surface area contributed by atoms with E-state index in [2.05, 4.69) is 4.98 Å². The van der Waals surface area contributed by atoms with Gasteiger partial charge in [0.1, 0.15) is 0 Å². The van der Waals surface area contributed by atoms with Crippen molar-refractivity contribution in [1.29, 1.82) is 0 Å². The second-order valence-corrected chi connectivity index (χ2v) is 3.97. The monoisotopic (exact) mass is 235 g/mol. The van der Waals surface area contributed by atoms with Crippen LogP contribution in [0.4, 0.5) is 0 Å². The molecule has 0 fully saturated rings. The molecule has 0 unspecified atom stereocenters. The summed E-state index contributed by atoms with van der Waals surface area (Å²) in [4.78, 5) is 15.7. The van der Waals surface area contributed by atoms with Gasteiger partial charge in [-0.15, -0.1) is 0 Å². The van der Waals surface area contributed by atoms with Crippen LogP contribution in [0.3, 0.4) is 0 Å². The number of hydrogen-bond acceptors (Lipinski definition) is 3. The zero-order chi connectivity index (χ0) is 11.7. The lowest BCUT2D eigenvalue weighted by molar-refractivity contribution is 0.0602. The molecule has 0 saturated carbocycles. The number of aromatic nitrogens is 1. The molecular weight excluding hydrogens is 226 g/mol. The lowest BCUT2D eigenvalue weighted by atomic mass is 10.1. The number of pyridine rings is 1. The zero-order valence-electron chi connectivity index (χ0n) is 8.95. The van der Waals surface area contributed by atoms with Crippen LogP contribution < -0.4 is 0 Å². The molecule has 2 rings (SSSR count). The third kappa shape index (κ3) is 1.86. The summed E-state index contributed by atoms with van der Waals surface area (Å²) in [5.41, 5.74) is 2.05. The molecule has 82 valence electrons. The van der Waals surface area contributed by atoms with Gasteiger partial charge in [-0.2, -0.15) is 0 Å². The maximum atomic E-state index is 11.6. The van der Waals surface area contributed by atoms with E-state index in [-0.39, 0.29) is 5.97 Å². The Morgan fingerprint density at radius 1 is 1.38 bits per heavy atom. The van der Waals surface area contributed by atoms with E-state index in [1.807, 2.05) is 13.0 Å². The molecule has 1 aromatic heterocycles. The Labute approximate surface area is 98.0 Å². The van der Waals surface area contributed by atoms with Crippen LogP contribution in [0, 0.1) is 6.92 Å². The molecule has 4 heteroatoms. The predicted molar refractivity (Wildman–Crippen MR) is 62.8 cm³/mol. The number of carbonyl (C=O) groups excluding carboxylic acids is 1. The van der Waals surface area contributed by atoms with Crippen LogP contribution in [0.25, 0.3) is 10.9 Å². The van der Waals surface area contributed by atoms with Gasteiger partial charge in [0.05, 0.1) is 23.2 Å². The molecule has 1 aromatic carbocycles. The Morgan fingerprint density at radius 2 is 2.12 bits per heavy atom. The number of methoxy groups -OCH3 is 1. The first-order valence-corrected chi connectivity index (χ1v) is 5.14. The van der Waals surface area contributed by atoms with Crippen molar-refractivity contribution in [1.82, 2.24) is 4.98 Å². The molecule has 1 heterocycles. The molecular formula is C12H10ClNO2. The minimum absolute atomic E-state index is 0.386. The van der Waals surface area contributed by atoms with Crippen LogP contribution in [0.5, 0.6) is 0 Å². The number of esters is 1. The Morgan fingerprint density at radius 3 is 2.81 bits per heavy atom. The molecule has 0 saturated heterocycles. The van der Waals surface area contributed by atoms with Crippen molar-refractivity contribution in [3.8, 4) is 0 Å². The molecule has 0 spiro atoms. The average Bonchev–Trinajstić information content (AvgIpc) is 2.26. The van der Waals surface area contributed by atoms with Crippen LogP contribution in [0.1, 0.15) is 15.9 Å². The van der Waals surface area contributed by atoms with Gasteiger partial charge < -0.3 is 4.74 Å². The van der Waals surface area contributed by atoms with Crippen molar-refractivity contribution in [3.05, 3.63) is 40.5 Å². The first-order valence-electron chi connectivity index (χ1n) is 4.76. The first-order chi connectivity index (χ1) is 7.61. The first kappa shape index (κ1) is 10.9. The molecule has 0 aliphatic heterocycles. The number of ether oxygens (including phenoxy) is 1. The molecule has 0 bridgehead atoms. The average molecular weight is 236 g/mol. The number of halogens is 1. The summed E-state index contributed by atoms with van der Waals surface area (Å²) in [6, 6.07) is 5.47. The normalized spacial score (nSPS) is 10.4. The Kier molecular flexibility index (Phi) is 2.79. The van der Waals surface area contributed by atoms with Gasteiger partial charge in [-0.05, 0) is 30.7 Å². The summed E-state index contributed by atoms with van der Waals surface area (Å²) in [7, 11) is 1.35. The zero-order valence-corrected chi connectivity index (χ0v) is 9.71. The SMILES string of the molecule is COC(=O)c1cc(C)cc2cc(Cl)cnc12. The summed E-state index contributed by atoms with van der Waals surface area (Å²) in [6.45, 7) is 1.91. The van der Waals surface area contributed by atoms with Gasteiger partial charge in [0.25, 0.3) is 0 Å². The summed E-state index contributed by atoms with van der Waals surface area (Å²) in [5, 5.41) is 1.39. The van der Waals surface area contributed by atoms with E-state index in [4.69, 9.17) is 16.3 Å². The standard InChI is InChI=1S/C12H10ClNO2/c1-7-3-8-5-9(13)6-14-11(8)10(4-7)12(15)16-2/h3-6H,1-2H3. The third-order valence-electron chi connectivity index (χ3n) is 2.30. The van der Waals surface area contributed by atoms with E-state index in [9.17, 15) is 4.79 Å². The topological polar surface area (TPSA) is 39.2 Å². The molecule has 0 radical (unpaired) electrons. The van der Waals surface area contributed by atoms with Crippen molar-refractivity contribution in [3.63, 3.8) is 0 Å². The fourth-order valence-corrected chi connectivity index (χ4v) is 1.80. The van der Waals surface area contributed by atoms with Crippen molar-refractivity contribution < 1.29 is 9.53 Å². The number of hydrogen-bond donors (Lipinski definition) is 0. The van der Waals surface area contributed by atoms with Crippen LogP contribution in [-0.2, 0) is 4.74 Å². The number of benzene rings is 1. The minimum atomic E-state index is -0.386. The Bertz CT molecular complexity index is 561. The molecule has 0 atom stereocenters. The molecule has 3 nitrogen and oxygen atoms in total. The molecule has 2 aromatic rings. The lowest BCUT2D eigenvalue weighted by Gasteiger charge is -2.06. The number of carbonyl (C=O) groups is 1. The predicted octanol–water partition coefficient (Wildman–Crippen LogP) is 2.98. The maximum absolute atomic E-state index is 11.6. The summed E-state index contributed by atoms with van der Waals surface area (Å²) in [5.74, 6) is -0.386. The lowest BCUT2D eigenvalue weighted by Crippen LogP contribution is -2.03. The highest BCUT2D eigenvalue weighted by Crippen LogP contribution is 2.22. The number of rotatable bonds is 1. The van der Waals surface area contributed by atoms with E-state index in [1.54, 1.807) is 12.1 Å². The highest BCUT2D eigenvalue weighted by Gasteiger charge is 2.12. The molecule has 0 aliphatic rings. The van der Waals surface area contributed by atoms with Crippen molar-refractivity contribution in [2.75, 3.05) is 7.11 Å².